The molecule has 0 amide bonds. The maximum Gasteiger partial charge on any atom is 0.168 e. The summed E-state index contributed by atoms with van der Waals surface area (Å²) in [5, 5.41) is 4.33. The molecule has 0 aliphatic rings. The van der Waals surface area contributed by atoms with Crippen LogP contribution >= 0.6 is 22.9 Å². The predicted molar refractivity (Wildman–Crippen MR) is 61.6 cm³/mol. The van der Waals surface area contributed by atoms with Crippen molar-refractivity contribution in [3.05, 3.63) is 51.4 Å². The smallest absolute Gasteiger partial charge is 0.168 e. The molecule has 0 spiro atoms. The summed E-state index contributed by atoms with van der Waals surface area (Å²) in [6.07, 6.45) is 3.46. The highest BCUT2D eigenvalue weighted by Crippen LogP contribution is 2.17. The van der Waals surface area contributed by atoms with Crippen molar-refractivity contribution in [3.8, 4) is 0 Å². The van der Waals surface area contributed by atoms with Crippen LogP contribution in [0.2, 0.25) is 5.02 Å². The predicted octanol–water partition coefficient (Wildman–Crippen LogP) is 3.22. The van der Waals surface area contributed by atoms with E-state index in [1.807, 2.05) is 16.8 Å². The van der Waals surface area contributed by atoms with Gasteiger partial charge in [-0.25, -0.2) is 0 Å². The minimum Gasteiger partial charge on any atom is -0.294 e. The van der Waals surface area contributed by atoms with Crippen LogP contribution in [-0.2, 0) is 6.42 Å². The molecule has 76 valence electrons. The van der Waals surface area contributed by atoms with Crippen LogP contribution in [0, 0.1) is 0 Å². The van der Waals surface area contributed by atoms with Crippen LogP contribution in [0.4, 0.5) is 0 Å². The third-order valence-corrected chi connectivity index (χ3v) is 3.05. The molecule has 0 unspecified atom stereocenters. The van der Waals surface area contributed by atoms with E-state index < -0.39 is 0 Å². The van der Waals surface area contributed by atoms with Gasteiger partial charge in [0.1, 0.15) is 0 Å². The summed E-state index contributed by atoms with van der Waals surface area (Å²) >= 11 is 7.46. The maximum atomic E-state index is 11.8. The van der Waals surface area contributed by atoms with Crippen molar-refractivity contribution in [3.63, 3.8) is 0 Å². The summed E-state index contributed by atoms with van der Waals surface area (Å²) in [7, 11) is 0. The molecule has 0 aliphatic heterocycles. The van der Waals surface area contributed by atoms with Gasteiger partial charge in [0.05, 0.1) is 5.02 Å². The standard InChI is InChI=1S/C11H8ClNOS/c12-10-6-13-3-1-9(10)11(14)5-8-2-4-15-7-8/h1-4,6-7H,5H2. The number of carbonyl (C=O) groups is 1. The highest BCUT2D eigenvalue weighted by atomic mass is 35.5. The SMILES string of the molecule is O=C(Cc1ccsc1)c1ccncc1Cl. The van der Waals surface area contributed by atoms with Gasteiger partial charge in [-0.2, -0.15) is 11.3 Å². The van der Waals surface area contributed by atoms with Gasteiger partial charge in [-0.1, -0.05) is 11.6 Å². The normalized spacial score (nSPS) is 10.2. The van der Waals surface area contributed by atoms with E-state index in [2.05, 4.69) is 4.98 Å². The summed E-state index contributed by atoms with van der Waals surface area (Å²) in [5.41, 5.74) is 1.57. The van der Waals surface area contributed by atoms with Crippen molar-refractivity contribution in [1.82, 2.24) is 4.98 Å². The van der Waals surface area contributed by atoms with E-state index in [9.17, 15) is 4.79 Å². The first kappa shape index (κ1) is 10.3. The molecule has 0 fully saturated rings. The van der Waals surface area contributed by atoms with Gasteiger partial charge in [0.2, 0.25) is 0 Å². The molecule has 15 heavy (non-hydrogen) atoms. The molecule has 0 saturated carbocycles. The Morgan fingerprint density at radius 3 is 3.00 bits per heavy atom. The number of nitrogens with zero attached hydrogens (tertiary/aromatic N) is 1. The molecule has 0 atom stereocenters. The van der Waals surface area contributed by atoms with Crippen molar-refractivity contribution >= 4 is 28.7 Å². The lowest BCUT2D eigenvalue weighted by Gasteiger charge is -2.00. The fourth-order valence-electron chi connectivity index (χ4n) is 1.28. The van der Waals surface area contributed by atoms with Gasteiger partial charge in [-0.05, 0) is 28.5 Å². The Bertz CT molecular complexity index is 467. The third kappa shape index (κ3) is 2.43. The number of pyridine rings is 1. The van der Waals surface area contributed by atoms with E-state index in [1.54, 1.807) is 23.6 Å². The zero-order valence-corrected chi connectivity index (χ0v) is 9.39. The Morgan fingerprint density at radius 1 is 1.47 bits per heavy atom. The van der Waals surface area contributed by atoms with Crippen molar-refractivity contribution < 1.29 is 4.79 Å². The highest BCUT2D eigenvalue weighted by Gasteiger charge is 2.10. The van der Waals surface area contributed by atoms with E-state index in [4.69, 9.17) is 11.6 Å². The van der Waals surface area contributed by atoms with Gasteiger partial charge >= 0.3 is 0 Å². The molecule has 0 aromatic carbocycles. The molecular formula is C11H8ClNOS. The maximum absolute atomic E-state index is 11.8. The van der Waals surface area contributed by atoms with Crippen molar-refractivity contribution in [1.29, 1.82) is 0 Å². The highest BCUT2D eigenvalue weighted by molar-refractivity contribution is 7.08. The summed E-state index contributed by atoms with van der Waals surface area (Å²) in [6, 6.07) is 3.59. The van der Waals surface area contributed by atoms with Crippen LogP contribution in [0.5, 0.6) is 0 Å². The molecule has 2 aromatic heterocycles. The summed E-state index contributed by atoms with van der Waals surface area (Å²) < 4.78 is 0. The monoisotopic (exact) mass is 237 g/mol. The fraction of sp³-hybridized carbons (Fsp3) is 0.0909. The third-order valence-electron chi connectivity index (χ3n) is 2.02. The van der Waals surface area contributed by atoms with Crippen molar-refractivity contribution in [2.45, 2.75) is 6.42 Å². The number of hydrogen-bond acceptors (Lipinski definition) is 3. The Labute approximate surface area is 96.5 Å². The van der Waals surface area contributed by atoms with E-state index >= 15 is 0 Å². The number of aromatic nitrogens is 1. The molecule has 2 rings (SSSR count). The lowest BCUT2D eigenvalue weighted by atomic mass is 10.1. The minimum atomic E-state index is 0.0285. The topological polar surface area (TPSA) is 30.0 Å². The Kier molecular flexibility index (Phi) is 3.14. The quantitative estimate of drug-likeness (QED) is 0.768. The van der Waals surface area contributed by atoms with Crippen LogP contribution < -0.4 is 0 Å². The largest absolute Gasteiger partial charge is 0.294 e. The van der Waals surface area contributed by atoms with Gasteiger partial charge in [0.25, 0.3) is 0 Å². The lowest BCUT2D eigenvalue weighted by molar-refractivity contribution is 0.0993. The summed E-state index contributed by atoms with van der Waals surface area (Å²) in [4.78, 5) is 15.7. The van der Waals surface area contributed by atoms with Gasteiger partial charge in [0.15, 0.2) is 5.78 Å². The Hall–Kier alpha value is -1.19. The molecule has 0 N–H and O–H groups in total. The second kappa shape index (κ2) is 4.55. The van der Waals surface area contributed by atoms with E-state index in [0.29, 0.717) is 17.0 Å². The molecular weight excluding hydrogens is 230 g/mol. The number of thiophene rings is 1. The molecule has 0 saturated heterocycles. The molecule has 4 heteroatoms. The van der Waals surface area contributed by atoms with Gasteiger partial charge in [0, 0.05) is 24.4 Å². The van der Waals surface area contributed by atoms with Crippen LogP contribution in [0.25, 0.3) is 0 Å². The fourth-order valence-corrected chi connectivity index (χ4v) is 2.17. The second-order valence-corrected chi connectivity index (χ2v) is 4.27. The van der Waals surface area contributed by atoms with E-state index in [0.717, 1.165) is 5.56 Å². The number of rotatable bonds is 3. The number of Topliss-reactive ketones (excluding diaryl/α,β-unsaturated/α-hetero) is 1. The van der Waals surface area contributed by atoms with E-state index in [-0.39, 0.29) is 5.78 Å². The molecule has 2 heterocycles. The number of ketones is 1. The first-order valence-electron chi connectivity index (χ1n) is 4.41. The summed E-state index contributed by atoms with van der Waals surface area (Å²) in [6.45, 7) is 0. The van der Waals surface area contributed by atoms with Gasteiger partial charge in [-0.3, -0.25) is 9.78 Å². The minimum absolute atomic E-state index is 0.0285. The van der Waals surface area contributed by atoms with Crippen LogP contribution in [0.3, 0.4) is 0 Å². The van der Waals surface area contributed by atoms with Gasteiger partial charge in [-0.15, -0.1) is 0 Å². The number of halogens is 1. The molecule has 0 radical (unpaired) electrons. The molecule has 2 nitrogen and oxygen atoms in total. The lowest BCUT2D eigenvalue weighted by Crippen LogP contribution is -2.03. The zero-order valence-electron chi connectivity index (χ0n) is 7.81. The molecule has 2 aromatic rings. The van der Waals surface area contributed by atoms with Gasteiger partial charge < -0.3 is 0 Å². The van der Waals surface area contributed by atoms with Crippen LogP contribution in [0.15, 0.2) is 35.3 Å². The van der Waals surface area contributed by atoms with Crippen molar-refractivity contribution in [2.24, 2.45) is 0 Å². The molecule has 0 bridgehead atoms. The van der Waals surface area contributed by atoms with Crippen LogP contribution in [-0.4, -0.2) is 10.8 Å². The number of hydrogen-bond donors (Lipinski definition) is 0. The second-order valence-electron chi connectivity index (χ2n) is 3.09. The first-order chi connectivity index (χ1) is 7.27. The van der Waals surface area contributed by atoms with Crippen LogP contribution in [0.1, 0.15) is 15.9 Å². The Morgan fingerprint density at radius 2 is 2.33 bits per heavy atom. The average Bonchev–Trinajstić information content (AvgIpc) is 2.71. The summed E-state index contributed by atoms with van der Waals surface area (Å²) in [5.74, 6) is 0.0285. The number of carbonyl (C=O) groups excluding carboxylic acids is 1. The van der Waals surface area contributed by atoms with E-state index in [1.165, 1.54) is 6.20 Å². The molecule has 0 aliphatic carbocycles. The van der Waals surface area contributed by atoms with Crippen molar-refractivity contribution in [2.75, 3.05) is 0 Å². The Balaban J connectivity index is 2.19. The average molecular weight is 238 g/mol. The zero-order chi connectivity index (χ0) is 10.7. The first-order valence-corrected chi connectivity index (χ1v) is 5.73.